The van der Waals surface area contributed by atoms with Gasteiger partial charge < -0.3 is 10.6 Å². The lowest BCUT2D eigenvalue weighted by Gasteiger charge is -2.31. The molecule has 0 atom stereocenters. The SMILES string of the molecule is CCc1ccc(Nc2nnc(SCC(=O)NC3(C#N)CCCCC3)s2)cc1. The fourth-order valence-corrected chi connectivity index (χ4v) is 4.69. The lowest BCUT2D eigenvalue weighted by molar-refractivity contribution is -0.120. The van der Waals surface area contributed by atoms with Crippen molar-refractivity contribution >= 4 is 39.8 Å². The van der Waals surface area contributed by atoms with Crippen LogP contribution in [0.2, 0.25) is 0 Å². The third-order valence-corrected chi connectivity index (χ3v) is 6.62. The fraction of sp³-hybridized carbons (Fsp3) is 0.474. The van der Waals surface area contributed by atoms with E-state index >= 15 is 0 Å². The minimum Gasteiger partial charge on any atom is -0.337 e. The monoisotopic (exact) mass is 401 g/mol. The quantitative estimate of drug-likeness (QED) is 0.673. The van der Waals surface area contributed by atoms with E-state index in [0.717, 1.165) is 48.6 Å². The van der Waals surface area contributed by atoms with Crippen LogP contribution < -0.4 is 10.6 Å². The van der Waals surface area contributed by atoms with E-state index in [1.807, 2.05) is 12.1 Å². The molecule has 3 rings (SSSR count). The molecule has 2 aromatic rings. The molecule has 0 unspecified atom stereocenters. The molecule has 2 N–H and O–H groups in total. The highest BCUT2D eigenvalue weighted by Crippen LogP contribution is 2.30. The van der Waals surface area contributed by atoms with Gasteiger partial charge in [0, 0.05) is 5.69 Å². The summed E-state index contributed by atoms with van der Waals surface area (Å²) in [5.41, 5.74) is 1.56. The normalized spacial score (nSPS) is 15.7. The number of carbonyl (C=O) groups is 1. The number of aryl methyl sites for hydroxylation is 1. The number of amides is 1. The first kappa shape index (κ1) is 19.6. The average molecular weight is 402 g/mol. The number of hydrogen-bond acceptors (Lipinski definition) is 7. The van der Waals surface area contributed by atoms with E-state index in [2.05, 4.69) is 46.0 Å². The number of rotatable bonds is 7. The number of nitriles is 1. The van der Waals surface area contributed by atoms with E-state index in [-0.39, 0.29) is 11.7 Å². The zero-order valence-electron chi connectivity index (χ0n) is 15.3. The number of carbonyl (C=O) groups excluding carboxylic acids is 1. The highest BCUT2D eigenvalue weighted by atomic mass is 32.2. The second-order valence-corrected chi connectivity index (χ2v) is 8.84. The van der Waals surface area contributed by atoms with Gasteiger partial charge in [-0.3, -0.25) is 4.79 Å². The zero-order valence-corrected chi connectivity index (χ0v) is 17.0. The number of anilines is 2. The van der Waals surface area contributed by atoms with Crippen molar-refractivity contribution in [3.8, 4) is 6.07 Å². The summed E-state index contributed by atoms with van der Waals surface area (Å²) in [6.07, 6.45) is 5.61. The van der Waals surface area contributed by atoms with Gasteiger partial charge in [0.2, 0.25) is 11.0 Å². The van der Waals surface area contributed by atoms with E-state index in [0.29, 0.717) is 5.13 Å². The van der Waals surface area contributed by atoms with Gasteiger partial charge in [-0.2, -0.15) is 5.26 Å². The largest absolute Gasteiger partial charge is 0.337 e. The third-order valence-electron chi connectivity index (χ3n) is 4.65. The Morgan fingerprint density at radius 3 is 2.67 bits per heavy atom. The van der Waals surface area contributed by atoms with Crippen LogP contribution in [0.5, 0.6) is 0 Å². The molecule has 1 saturated carbocycles. The molecule has 1 amide bonds. The molecule has 0 radical (unpaired) electrons. The van der Waals surface area contributed by atoms with Crippen LogP contribution >= 0.6 is 23.1 Å². The predicted molar refractivity (Wildman–Crippen MR) is 109 cm³/mol. The van der Waals surface area contributed by atoms with Gasteiger partial charge in [-0.15, -0.1) is 10.2 Å². The van der Waals surface area contributed by atoms with Crippen LogP contribution in [0.3, 0.4) is 0 Å². The minimum atomic E-state index is -0.686. The number of nitrogens with one attached hydrogen (secondary N) is 2. The number of nitrogens with zero attached hydrogens (tertiary/aromatic N) is 3. The van der Waals surface area contributed by atoms with Crippen LogP contribution in [0.1, 0.15) is 44.6 Å². The molecule has 0 bridgehead atoms. The molecule has 1 aliphatic rings. The van der Waals surface area contributed by atoms with Crippen LogP contribution in [0.25, 0.3) is 0 Å². The van der Waals surface area contributed by atoms with Crippen LogP contribution in [-0.4, -0.2) is 27.4 Å². The Bertz CT molecular complexity index is 806. The molecular formula is C19H23N5OS2. The standard InChI is InChI=1S/C19H23N5OS2/c1-2-14-6-8-15(9-7-14)21-17-23-24-18(27-17)26-12-16(25)22-19(13-20)10-4-3-5-11-19/h6-9H,2-5,10-12H2,1H3,(H,21,23)(H,22,25). The summed E-state index contributed by atoms with van der Waals surface area (Å²) < 4.78 is 0.729. The van der Waals surface area contributed by atoms with Crippen molar-refractivity contribution in [1.82, 2.24) is 15.5 Å². The Kier molecular flexibility index (Phi) is 6.69. The summed E-state index contributed by atoms with van der Waals surface area (Å²) >= 11 is 2.76. The molecule has 8 heteroatoms. The van der Waals surface area contributed by atoms with Crippen molar-refractivity contribution in [1.29, 1.82) is 5.26 Å². The van der Waals surface area contributed by atoms with Crippen LogP contribution in [0.15, 0.2) is 28.6 Å². The lowest BCUT2D eigenvalue weighted by Crippen LogP contribution is -2.49. The molecule has 27 heavy (non-hydrogen) atoms. The Labute approximate surface area is 167 Å². The van der Waals surface area contributed by atoms with Gasteiger partial charge in [-0.25, -0.2) is 0 Å². The second-order valence-electron chi connectivity index (χ2n) is 6.64. The van der Waals surface area contributed by atoms with Gasteiger partial charge in [0.1, 0.15) is 5.54 Å². The van der Waals surface area contributed by atoms with Crippen LogP contribution in [0, 0.1) is 11.3 Å². The highest BCUT2D eigenvalue weighted by Gasteiger charge is 2.33. The summed E-state index contributed by atoms with van der Waals surface area (Å²) in [5, 5.41) is 24.6. The van der Waals surface area contributed by atoms with Gasteiger partial charge in [0.15, 0.2) is 4.34 Å². The molecular weight excluding hydrogens is 378 g/mol. The van der Waals surface area contributed by atoms with Crippen molar-refractivity contribution in [3.05, 3.63) is 29.8 Å². The maximum atomic E-state index is 12.3. The molecule has 1 aliphatic carbocycles. The molecule has 0 saturated heterocycles. The molecule has 0 spiro atoms. The molecule has 6 nitrogen and oxygen atoms in total. The Hall–Kier alpha value is -2.11. The molecule has 1 heterocycles. The number of aromatic nitrogens is 2. The number of thioether (sulfide) groups is 1. The predicted octanol–water partition coefficient (Wildman–Crippen LogP) is 4.28. The van der Waals surface area contributed by atoms with Crippen LogP contribution in [-0.2, 0) is 11.2 Å². The topological polar surface area (TPSA) is 90.7 Å². The van der Waals surface area contributed by atoms with Gasteiger partial charge in [-0.1, -0.05) is 61.4 Å². The van der Waals surface area contributed by atoms with E-state index in [1.54, 1.807) is 0 Å². The fourth-order valence-electron chi connectivity index (χ4n) is 3.12. The van der Waals surface area contributed by atoms with Crippen molar-refractivity contribution in [2.45, 2.75) is 55.3 Å². The van der Waals surface area contributed by atoms with Gasteiger partial charge >= 0.3 is 0 Å². The van der Waals surface area contributed by atoms with Crippen molar-refractivity contribution < 1.29 is 4.79 Å². The van der Waals surface area contributed by atoms with Crippen molar-refractivity contribution in [3.63, 3.8) is 0 Å². The summed E-state index contributed by atoms with van der Waals surface area (Å²) in [7, 11) is 0. The zero-order chi connectivity index (χ0) is 19.1. The first-order chi connectivity index (χ1) is 13.1. The molecule has 1 aromatic heterocycles. The molecule has 0 aliphatic heterocycles. The Morgan fingerprint density at radius 2 is 2.00 bits per heavy atom. The highest BCUT2D eigenvalue weighted by molar-refractivity contribution is 8.01. The first-order valence-electron chi connectivity index (χ1n) is 9.17. The number of benzene rings is 1. The average Bonchev–Trinajstić information content (AvgIpc) is 3.15. The molecule has 1 fully saturated rings. The first-order valence-corrected chi connectivity index (χ1v) is 11.0. The molecule has 142 valence electrons. The Morgan fingerprint density at radius 1 is 1.26 bits per heavy atom. The minimum absolute atomic E-state index is 0.122. The Balaban J connectivity index is 1.50. The van der Waals surface area contributed by atoms with Gasteiger partial charge in [0.05, 0.1) is 11.8 Å². The number of hydrogen-bond donors (Lipinski definition) is 2. The van der Waals surface area contributed by atoms with Crippen molar-refractivity contribution in [2.75, 3.05) is 11.1 Å². The van der Waals surface area contributed by atoms with E-state index in [1.165, 1.54) is 28.7 Å². The third kappa shape index (κ3) is 5.44. The van der Waals surface area contributed by atoms with E-state index in [9.17, 15) is 10.1 Å². The van der Waals surface area contributed by atoms with Crippen molar-refractivity contribution in [2.24, 2.45) is 0 Å². The summed E-state index contributed by atoms with van der Waals surface area (Å²) in [6, 6.07) is 10.5. The summed E-state index contributed by atoms with van der Waals surface area (Å²) in [6.45, 7) is 2.12. The lowest BCUT2D eigenvalue weighted by atomic mass is 9.83. The van der Waals surface area contributed by atoms with Gasteiger partial charge in [0.25, 0.3) is 0 Å². The van der Waals surface area contributed by atoms with E-state index in [4.69, 9.17) is 0 Å². The molecule has 1 aromatic carbocycles. The van der Waals surface area contributed by atoms with Gasteiger partial charge in [-0.05, 0) is 37.0 Å². The second kappa shape index (κ2) is 9.20. The summed E-state index contributed by atoms with van der Waals surface area (Å²) in [5.74, 6) is 0.117. The van der Waals surface area contributed by atoms with Crippen LogP contribution in [0.4, 0.5) is 10.8 Å². The maximum absolute atomic E-state index is 12.3. The van der Waals surface area contributed by atoms with E-state index < -0.39 is 5.54 Å². The smallest absolute Gasteiger partial charge is 0.231 e. The maximum Gasteiger partial charge on any atom is 0.231 e. The summed E-state index contributed by atoms with van der Waals surface area (Å²) in [4.78, 5) is 12.3.